The molecule has 190 valence electrons. The molecule has 10 nitrogen and oxygen atoms in total. The molecule has 2 aromatic heterocycles. The van der Waals surface area contributed by atoms with Crippen LogP contribution in [0.1, 0.15) is 28.5 Å². The second kappa shape index (κ2) is 8.77. The van der Waals surface area contributed by atoms with E-state index in [0.29, 0.717) is 57.3 Å². The summed E-state index contributed by atoms with van der Waals surface area (Å²) in [6.45, 7) is 1.94. The number of fused-ring (bicyclic) bond motifs is 2. The lowest BCUT2D eigenvalue weighted by Gasteiger charge is -2.13. The van der Waals surface area contributed by atoms with E-state index >= 15 is 0 Å². The van der Waals surface area contributed by atoms with Crippen LogP contribution in [0.3, 0.4) is 0 Å². The Morgan fingerprint density at radius 3 is 2.62 bits per heavy atom. The van der Waals surface area contributed by atoms with Gasteiger partial charge in [-0.05, 0) is 55.8 Å². The van der Waals surface area contributed by atoms with Crippen LogP contribution in [0, 0.1) is 6.92 Å². The number of aromatic nitrogens is 3. The van der Waals surface area contributed by atoms with Gasteiger partial charge in [-0.3, -0.25) is 4.79 Å². The van der Waals surface area contributed by atoms with Gasteiger partial charge >= 0.3 is 0 Å². The van der Waals surface area contributed by atoms with Crippen LogP contribution in [-0.4, -0.2) is 54.5 Å². The van der Waals surface area contributed by atoms with E-state index in [0.717, 1.165) is 5.56 Å². The molecule has 0 bridgehead atoms. The van der Waals surface area contributed by atoms with Gasteiger partial charge in [-0.25, -0.2) is 18.1 Å². The Hall–Kier alpha value is -4.12. The number of methoxy groups -OCH3 is 1. The van der Waals surface area contributed by atoms with Crippen molar-refractivity contribution in [3.63, 3.8) is 0 Å². The first-order valence-electron chi connectivity index (χ1n) is 11.8. The lowest BCUT2D eigenvalue weighted by Crippen LogP contribution is -2.15. The number of ether oxygens (including phenoxy) is 3. The molecular weight excluding hydrogens is 496 g/mol. The maximum Gasteiger partial charge on any atom is 0.256 e. The maximum absolute atomic E-state index is 13.6. The summed E-state index contributed by atoms with van der Waals surface area (Å²) in [7, 11) is -1.56. The van der Waals surface area contributed by atoms with Gasteiger partial charge in [-0.1, -0.05) is 0 Å². The van der Waals surface area contributed by atoms with Gasteiger partial charge in [0, 0.05) is 17.3 Å². The van der Waals surface area contributed by atoms with Crippen molar-refractivity contribution in [3.8, 4) is 28.5 Å². The monoisotopic (exact) mass is 520 g/mol. The highest BCUT2D eigenvalue weighted by Gasteiger charge is 2.32. The Balaban J connectivity index is 1.47. The van der Waals surface area contributed by atoms with Gasteiger partial charge in [-0.2, -0.15) is 5.10 Å². The predicted octanol–water partition coefficient (Wildman–Crippen LogP) is 3.76. The summed E-state index contributed by atoms with van der Waals surface area (Å²) in [5.74, 6) is 1.63. The first kappa shape index (κ1) is 23.3. The fourth-order valence-electron chi connectivity index (χ4n) is 4.80. The average molecular weight is 521 g/mol. The van der Waals surface area contributed by atoms with E-state index in [1.807, 2.05) is 24.3 Å². The third-order valence-corrected chi connectivity index (χ3v) is 8.40. The van der Waals surface area contributed by atoms with Crippen LogP contribution in [-0.2, 0) is 9.84 Å². The molecule has 4 heterocycles. The number of hydrogen-bond donors (Lipinski definition) is 1. The van der Waals surface area contributed by atoms with Crippen molar-refractivity contribution < 1.29 is 27.4 Å². The van der Waals surface area contributed by atoms with Crippen molar-refractivity contribution in [2.75, 3.05) is 30.7 Å². The molecule has 0 radical (unpaired) electrons. The number of anilines is 1. The van der Waals surface area contributed by atoms with Crippen LogP contribution in [0.15, 0.2) is 48.5 Å². The Labute approximate surface area is 213 Å². The summed E-state index contributed by atoms with van der Waals surface area (Å²) in [5.41, 5.74) is 3.36. The SMILES string of the molecule is COc1ccc(-c2cc(C(=O)Nc3ccc4c(c3)OCO4)c3c(C)nn(C4CCS(=O)(=O)C4)c3n2)cc1. The summed E-state index contributed by atoms with van der Waals surface area (Å²) in [5, 5.41) is 8.17. The molecule has 11 heteroatoms. The Morgan fingerprint density at radius 1 is 1.11 bits per heavy atom. The molecule has 1 saturated heterocycles. The van der Waals surface area contributed by atoms with Gasteiger partial charge in [0.2, 0.25) is 6.79 Å². The summed E-state index contributed by atoms with van der Waals surface area (Å²) in [4.78, 5) is 18.5. The lowest BCUT2D eigenvalue weighted by atomic mass is 10.0. The summed E-state index contributed by atoms with van der Waals surface area (Å²) < 4.78 is 42.1. The van der Waals surface area contributed by atoms with E-state index in [4.69, 9.17) is 19.2 Å². The normalized spacial score (nSPS) is 17.7. The standard InChI is InChI=1S/C26H24N4O6S/c1-15-24-20(26(31)27-17-5-8-22-23(11-17)36-14-35-22)12-21(16-3-6-19(34-2)7-4-16)28-25(24)30(29-15)18-9-10-37(32,33)13-18/h3-8,11-12,18H,9-10,13-14H2,1-2H3,(H,27,31). The lowest BCUT2D eigenvalue weighted by molar-refractivity contribution is 0.102. The molecule has 37 heavy (non-hydrogen) atoms. The number of sulfone groups is 1. The number of nitrogens with zero attached hydrogens (tertiary/aromatic N) is 3. The number of hydrogen-bond acceptors (Lipinski definition) is 8. The van der Waals surface area contributed by atoms with Crippen LogP contribution >= 0.6 is 0 Å². The zero-order valence-electron chi connectivity index (χ0n) is 20.2. The van der Waals surface area contributed by atoms with Crippen molar-refractivity contribution in [2.24, 2.45) is 0 Å². The number of amides is 1. The second-order valence-corrected chi connectivity index (χ2v) is 11.3. The minimum atomic E-state index is -3.15. The van der Waals surface area contributed by atoms with E-state index in [9.17, 15) is 13.2 Å². The molecule has 6 rings (SSSR count). The van der Waals surface area contributed by atoms with Gasteiger partial charge in [0.25, 0.3) is 5.91 Å². The third-order valence-electron chi connectivity index (χ3n) is 6.65. The first-order valence-corrected chi connectivity index (χ1v) is 13.6. The van der Waals surface area contributed by atoms with Crippen LogP contribution in [0.4, 0.5) is 5.69 Å². The highest BCUT2D eigenvalue weighted by Crippen LogP contribution is 2.36. The molecular formula is C26H24N4O6S. The molecule has 1 fully saturated rings. The molecule has 0 aliphatic carbocycles. The average Bonchev–Trinajstić information content (AvgIpc) is 3.60. The number of benzene rings is 2. The summed E-state index contributed by atoms with van der Waals surface area (Å²) >= 11 is 0. The quantitative estimate of drug-likeness (QED) is 0.422. The van der Waals surface area contributed by atoms with E-state index < -0.39 is 9.84 Å². The molecule has 2 aliphatic rings. The number of pyridine rings is 1. The van der Waals surface area contributed by atoms with Gasteiger partial charge in [-0.15, -0.1) is 0 Å². The van der Waals surface area contributed by atoms with Gasteiger partial charge in [0.15, 0.2) is 27.0 Å². The Kier molecular flexibility index (Phi) is 5.52. The Bertz CT molecular complexity index is 1650. The molecule has 1 unspecified atom stereocenters. The highest BCUT2D eigenvalue weighted by atomic mass is 32.2. The number of nitrogens with one attached hydrogen (secondary N) is 1. The molecule has 0 spiro atoms. The third kappa shape index (κ3) is 4.25. The molecule has 1 atom stereocenters. The molecule has 1 N–H and O–H groups in total. The van der Waals surface area contributed by atoms with Gasteiger partial charge in [0.1, 0.15) is 5.75 Å². The second-order valence-electron chi connectivity index (χ2n) is 9.09. The smallest absolute Gasteiger partial charge is 0.256 e. The van der Waals surface area contributed by atoms with E-state index in [2.05, 4.69) is 10.4 Å². The van der Waals surface area contributed by atoms with Crippen molar-refractivity contribution >= 4 is 32.5 Å². The number of carbonyl (C=O) groups is 1. The number of aryl methyl sites for hydroxylation is 1. The van der Waals surface area contributed by atoms with Crippen molar-refractivity contribution in [1.29, 1.82) is 0 Å². The summed E-state index contributed by atoms with van der Waals surface area (Å²) in [6.07, 6.45) is 0.450. The van der Waals surface area contributed by atoms with E-state index in [1.54, 1.807) is 43.0 Å². The van der Waals surface area contributed by atoms with E-state index in [1.165, 1.54) is 0 Å². The highest BCUT2D eigenvalue weighted by molar-refractivity contribution is 7.91. The van der Waals surface area contributed by atoms with Crippen molar-refractivity contribution in [3.05, 3.63) is 59.8 Å². The number of carbonyl (C=O) groups excluding carboxylic acids is 1. The van der Waals surface area contributed by atoms with Gasteiger partial charge < -0.3 is 19.5 Å². The minimum Gasteiger partial charge on any atom is -0.497 e. The van der Waals surface area contributed by atoms with Crippen LogP contribution in [0.5, 0.6) is 17.2 Å². The minimum absolute atomic E-state index is 0.00358. The molecule has 0 saturated carbocycles. The predicted molar refractivity (Wildman–Crippen MR) is 137 cm³/mol. The van der Waals surface area contributed by atoms with E-state index in [-0.39, 0.29) is 30.2 Å². The summed E-state index contributed by atoms with van der Waals surface area (Å²) in [6, 6.07) is 13.9. The molecule has 2 aliphatic heterocycles. The van der Waals surface area contributed by atoms with Crippen LogP contribution < -0.4 is 19.5 Å². The van der Waals surface area contributed by atoms with Crippen LogP contribution in [0.2, 0.25) is 0 Å². The molecule has 4 aromatic rings. The van der Waals surface area contributed by atoms with Gasteiger partial charge in [0.05, 0.1) is 47.0 Å². The zero-order valence-corrected chi connectivity index (χ0v) is 21.0. The fraction of sp³-hybridized carbons (Fsp3) is 0.269. The zero-order chi connectivity index (χ0) is 25.7. The largest absolute Gasteiger partial charge is 0.497 e. The van der Waals surface area contributed by atoms with Crippen molar-refractivity contribution in [1.82, 2.24) is 14.8 Å². The first-order chi connectivity index (χ1) is 17.8. The topological polar surface area (TPSA) is 122 Å². The van der Waals surface area contributed by atoms with Crippen molar-refractivity contribution in [2.45, 2.75) is 19.4 Å². The fourth-order valence-corrected chi connectivity index (χ4v) is 6.49. The molecule has 2 aromatic carbocycles. The van der Waals surface area contributed by atoms with Crippen LogP contribution in [0.25, 0.3) is 22.3 Å². The molecule has 1 amide bonds. The number of rotatable bonds is 5. The Morgan fingerprint density at radius 2 is 1.89 bits per heavy atom. The maximum atomic E-state index is 13.6.